The van der Waals surface area contributed by atoms with E-state index in [-0.39, 0.29) is 6.10 Å². The van der Waals surface area contributed by atoms with E-state index >= 15 is 0 Å². The van der Waals surface area contributed by atoms with Gasteiger partial charge in [0.25, 0.3) is 0 Å². The maximum absolute atomic E-state index is 10.2. The first-order chi connectivity index (χ1) is 8.58. The zero-order valence-corrected chi connectivity index (χ0v) is 12.6. The first-order valence-corrected chi connectivity index (χ1v) is 7.45. The van der Waals surface area contributed by atoms with Crippen molar-refractivity contribution in [3.05, 3.63) is 0 Å². The second kappa shape index (κ2) is 8.13. The second-order valence-corrected chi connectivity index (χ2v) is 6.04. The van der Waals surface area contributed by atoms with E-state index in [9.17, 15) is 5.11 Å². The van der Waals surface area contributed by atoms with Gasteiger partial charge in [-0.1, -0.05) is 19.8 Å². The number of hydrogen-bond acceptors (Lipinski definition) is 3. The Hall–Kier alpha value is -0.120. The minimum Gasteiger partial charge on any atom is -0.393 e. The van der Waals surface area contributed by atoms with Crippen LogP contribution in [0.3, 0.4) is 0 Å². The third-order valence-corrected chi connectivity index (χ3v) is 4.43. The van der Waals surface area contributed by atoms with Crippen LogP contribution in [0.15, 0.2) is 0 Å². The smallest absolute Gasteiger partial charge is 0.0615 e. The van der Waals surface area contributed by atoms with Gasteiger partial charge in [-0.25, -0.2) is 0 Å². The van der Waals surface area contributed by atoms with Crippen LogP contribution in [-0.2, 0) is 4.74 Å². The predicted molar refractivity (Wildman–Crippen MR) is 75.7 cm³/mol. The fraction of sp³-hybridized carbons (Fsp3) is 1.00. The number of likely N-dealkylation sites (N-methyl/N-ethyl adjacent to an activating group) is 1. The summed E-state index contributed by atoms with van der Waals surface area (Å²) >= 11 is 0. The number of aliphatic hydroxyl groups excluding tert-OH is 1. The molecular formula is C15H31NO2. The van der Waals surface area contributed by atoms with Crippen LogP contribution in [0.1, 0.15) is 46.0 Å². The van der Waals surface area contributed by atoms with Gasteiger partial charge in [-0.3, -0.25) is 0 Å². The average molecular weight is 257 g/mol. The third kappa shape index (κ3) is 4.87. The summed E-state index contributed by atoms with van der Waals surface area (Å²) < 4.78 is 5.20. The van der Waals surface area contributed by atoms with Crippen molar-refractivity contribution in [1.82, 2.24) is 4.90 Å². The van der Waals surface area contributed by atoms with Crippen LogP contribution in [0.25, 0.3) is 0 Å². The number of methoxy groups -OCH3 is 1. The largest absolute Gasteiger partial charge is 0.393 e. The van der Waals surface area contributed by atoms with E-state index in [4.69, 9.17) is 4.74 Å². The number of nitrogens with zero attached hydrogens (tertiary/aromatic N) is 1. The van der Waals surface area contributed by atoms with Crippen LogP contribution in [0.5, 0.6) is 0 Å². The molecule has 3 heteroatoms. The topological polar surface area (TPSA) is 32.7 Å². The Kier molecular flexibility index (Phi) is 7.20. The van der Waals surface area contributed by atoms with Crippen molar-refractivity contribution >= 4 is 0 Å². The lowest BCUT2D eigenvalue weighted by Gasteiger charge is -2.37. The molecule has 4 atom stereocenters. The highest BCUT2D eigenvalue weighted by molar-refractivity contribution is 4.82. The van der Waals surface area contributed by atoms with Crippen molar-refractivity contribution in [3.8, 4) is 0 Å². The molecule has 0 radical (unpaired) electrons. The summed E-state index contributed by atoms with van der Waals surface area (Å²) in [7, 11) is 3.89. The molecule has 108 valence electrons. The molecule has 0 amide bonds. The fourth-order valence-electron chi connectivity index (χ4n) is 3.13. The van der Waals surface area contributed by atoms with Gasteiger partial charge in [0.15, 0.2) is 0 Å². The van der Waals surface area contributed by atoms with Crippen LogP contribution in [0, 0.1) is 11.8 Å². The van der Waals surface area contributed by atoms with Crippen molar-refractivity contribution in [2.24, 2.45) is 11.8 Å². The number of rotatable bonds is 7. The van der Waals surface area contributed by atoms with Gasteiger partial charge >= 0.3 is 0 Å². The molecule has 0 aromatic rings. The monoisotopic (exact) mass is 257 g/mol. The van der Waals surface area contributed by atoms with Crippen molar-refractivity contribution in [2.75, 3.05) is 27.3 Å². The molecule has 0 bridgehead atoms. The summed E-state index contributed by atoms with van der Waals surface area (Å²) in [5, 5.41) is 10.2. The van der Waals surface area contributed by atoms with E-state index in [0.29, 0.717) is 12.0 Å². The number of aliphatic hydroxyl groups is 1. The number of ether oxygens (including phenoxy) is 1. The molecule has 1 aliphatic rings. The SMILES string of the molecule is CCCC1CCC(O)C(CN(C)C(C)COC)C1. The van der Waals surface area contributed by atoms with Crippen LogP contribution < -0.4 is 0 Å². The van der Waals surface area contributed by atoms with Crippen LogP contribution in [-0.4, -0.2) is 49.5 Å². The zero-order chi connectivity index (χ0) is 13.5. The molecular weight excluding hydrogens is 226 g/mol. The zero-order valence-electron chi connectivity index (χ0n) is 12.6. The third-order valence-electron chi connectivity index (χ3n) is 4.43. The molecule has 1 saturated carbocycles. The quantitative estimate of drug-likeness (QED) is 0.761. The van der Waals surface area contributed by atoms with Gasteiger partial charge in [0.1, 0.15) is 0 Å². The standard InChI is InChI=1S/C15H31NO2/c1-5-6-13-7-8-15(17)14(9-13)10-16(3)12(2)11-18-4/h12-15,17H,5-11H2,1-4H3. The van der Waals surface area contributed by atoms with Gasteiger partial charge in [-0.05, 0) is 45.1 Å². The Morgan fingerprint density at radius 3 is 2.72 bits per heavy atom. The predicted octanol–water partition coefficient (Wildman–Crippen LogP) is 2.53. The molecule has 1 rings (SSSR count). The van der Waals surface area contributed by atoms with E-state index in [1.165, 1.54) is 25.7 Å². The first kappa shape index (κ1) is 15.9. The van der Waals surface area contributed by atoms with Gasteiger partial charge in [0, 0.05) is 19.7 Å². The lowest BCUT2D eigenvalue weighted by atomic mass is 9.77. The molecule has 1 N–H and O–H groups in total. The minimum atomic E-state index is -0.102. The van der Waals surface area contributed by atoms with Crippen LogP contribution in [0.2, 0.25) is 0 Å². The summed E-state index contributed by atoms with van der Waals surface area (Å²) in [5.74, 6) is 1.27. The summed E-state index contributed by atoms with van der Waals surface area (Å²) in [6.45, 7) is 6.19. The summed E-state index contributed by atoms with van der Waals surface area (Å²) in [5.41, 5.74) is 0. The van der Waals surface area contributed by atoms with Crippen molar-refractivity contribution in [2.45, 2.75) is 58.1 Å². The lowest BCUT2D eigenvalue weighted by molar-refractivity contribution is 0.0164. The van der Waals surface area contributed by atoms with Gasteiger partial charge in [0.2, 0.25) is 0 Å². The van der Waals surface area contributed by atoms with E-state index < -0.39 is 0 Å². The van der Waals surface area contributed by atoms with E-state index in [2.05, 4.69) is 25.8 Å². The Morgan fingerprint density at radius 1 is 1.39 bits per heavy atom. The Bertz CT molecular complexity index is 223. The molecule has 0 spiro atoms. The molecule has 3 nitrogen and oxygen atoms in total. The van der Waals surface area contributed by atoms with Gasteiger partial charge < -0.3 is 14.7 Å². The Morgan fingerprint density at radius 2 is 2.11 bits per heavy atom. The Labute approximate surface area is 113 Å². The Balaban J connectivity index is 2.42. The number of hydrogen-bond donors (Lipinski definition) is 1. The van der Waals surface area contributed by atoms with E-state index in [0.717, 1.165) is 25.5 Å². The highest BCUT2D eigenvalue weighted by Gasteiger charge is 2.30. The second-order valence-electron chi connectivity index (χ2n) is 6.04. The van der Waals surface area contributed by atoms with Crippen LogP contribution in [0.4, 0.5) is 0 Å². The van der Waals surface area contributed by atoms with E-state index in [1.807, 2.05) is 0 Å². The minimum absolute atomic E-state index is 0.102. The molecule has 0 aromatic carbocycles. The van der Waals surface area contributed by atoms with Crippen LogP contribution >= 0.6 is 0 Å². The molecule has 1 aliphatic carbocycles. The molecule has 1 fully saturated rings. The van der Waals surface area contributed by atoms with Crippen molar-refractivity contribution in [1.29, 1.82) is 0 Å². The highest BCUT2D eigenvalue weighted by atomic mass is 16.5. The highest BCUT2D eigenvalue weighted by Crippen LogP contribution is 2.32. The van der Waals surface area contributed by atoms with E-state index in [1.54, 1.807) is 7.11 Å². The summed E-state index contributed by atoms with van der Waals surface area (Å²) in [4.78, 5) is 2.33. The summed E-state index contributed by atoms with van der Waals surface area (Å²) in [6.07, 6.45) is 5.88. The van der Waals surface area contributed by atoms with Crippen molar-refractivity contribution < 1.29 is 9.84 Å². The molecule has 0 aliphatic heterocycles. The lowest BCUT2D eigenvalue weighted by Crippen LogP contribution is -2.42. The van der Waals surface area contributed by atoms with Gasteiger partial charge in [0.05, 0.1) is 12.7 Å². The summed E-state index contributed by atoms with van der Waals surface area (Å²) in [6, 6.07) is 0.425. The van der Waals surface area contributed by atoms with Gasteiger partial charge in [-0.2, -0.15) is 0 Å². The maximum atomic E-state index is 10.2. The first-order valence-electron chi connectivity index (χ1n) is 7.45. The van der Waals surface area contributed by atoms with Crippen molar-refractivity contribution in [3.63, 3.8) is 0 Å². The molecule has 0 heterocycles. The maximum Gasteiger partial charge on any atom is 0.0615 e. The fourth-order valence-corrected chi connectivity index (χ4v) is 3.13. The molecule has 18 heavy (non-hydrogen) atoms. The average Bonchev–Trinajstić information content (AvgIpc) is 2.34. The van der Waals surface area contributed by atoms with Gasteiger partial charge in [-0.15, -0.1) is 0 Å². The molecule has 4 unspecified atom stereocenters. The molecule has 0 aromatic heterocycles. The normalized spacial score (nSPS) is 30.7. The molecule has 0 saturated heterocycles.